The summed E-state index contributed by atoms with van der Waals surface area (Å²) in [5.74, 6) is -4.03. The zero-order valence-electron chi connectivity index (χ0n) is 18.8. The maximum Gasteiger partial charge on any atom is 0.341 e. The second-order valence-electron chi connectivity index (χ2n) is 9.02. The molecule has 2 aliphatic rings. The molecule has 8 nitrogen and oxygen atoms in total. The van der Waals surface area contributed by atoms with Gasteiger partial charge in [-0.05, 0) is 36.6 Å². The van der Waals surface area contributed by atoms with Gasteiger partial charge in [0.1, 0.15) is 17.1 Å². The molecule has 1 saturated carbocycles. The minimum absolute atomic E-state index is 0.0987. The fraction of sp³-hybridized carbons (Fsp3) is 0.320. The number of halogens is 2. The van der Waals surface area contributed by atoms with Gasteiger partial charge in [0.05, 0.1) is 23.6 Å². The van der Waals surface area contributed by atoms with Crippen LogP contribution in [-0.4, -0.2) is 47.9 Å². The smallest absolute Gasteiger partial charge is 0.341 e. The Labute approximate surface area is 198 Å². The average Bonchev–Trinajstić information content (AvgIpc) is 3.61. The molecule has 3 N–H and O–H groups in total. The molecule has 2 fully saturated rings. The first-order valence-corrected chi connectivity index (χ1v) is 11.2. The zero-order valence-corrected chi connectivity index (χ0v) is 18.8. The number of carbonyl (C=O) groups is 2. The van der Waals surface area contributed by atoms with E-state index in [-0.39, 0.29) is 41.6 Å². The summed E-state index contributed by atoms with van der Waals surface area (Å²) in [5.41, 5.74) is 5.71. The van der Waals surface area contributed by atoms with E-state index in [9.17, 15) is 19.5 Å². The van der Waals surface area contributed by atoms with Crippen molar-refractivity contribution in [2.75, 3.05) is 25.1 Å². The quantitative estimate of drug-likeness (QED) is 0.536. The zero-order chi connectivity index (χ0) is 25.0. The number of benzene rings is 2. The number of pyridine rings is 1. The summed E-state index contributed by atoms with van der Waals surface area (Å²) < 4.78 is 37.3. The number of methoxy groups -OCH3 is 1. The lowest BCUT2D eigenvalue weighted by Crippen LogP contribution is -2.29. The number of nitrogens with two attached hydrogens (primary N) is 1. The molecule has 0 amide bonds. The first-order chi connectivity index (χ1) is 16.7. The summed E-state index contributed by atoms with van der Waals surface area (Å²) in [5, 5.41) is 9.10. The molecule has 0 radical (unpaired) electrons. The maximum atomic E-state index is 15.9. The Balaban J connectivity index is 1.56. The van der Waals surface area contributed by atoms with Gasteiger partial charge in [0, 0.05) is 37.3 Å². The van der Waals surface area contributed by atoms with Gasteiger partial charge in [0.25, 0.3) is 0 Å². The molecule has 2 atom stereocenters. The summed E-state index contributed by atoms with van der Waals surface area (Å²) in [4.78, 5) is 37.4. The number of carboxylic acid groups (broad SMARTS) is 1. The molecule has 0 unspecified atom stereocenters. The van der Waals surface area contributed by atoms with Crippen LogP contribution < -0.4 is 16.1 Å². The highest BCUT2D eigenvalue weighted by Crippen LogP contribution is 2.41. The van der Waals surface area contributed by atoms with Crippen LogP contribution in [0.3, 0.4) is 0 Å². The second-order valence-corrected chi connectivity index (χ2v) is 9.02. The summed E-state index contributed by atoms with van der Waals surface area (Å²) >= 11 is 0. The van der Waals surface area contributed by atoms with E-state index in [2.05, 4.69) is 0 Å². The van der Waals surface area contributed by atoms with E-state index >= 15 is 8.78 Å². The molecule has 0 spiro atoms. The van der Waals surface area contributed by atoms with Crippen molar-refractivity contribution in [3.8, 4) is 0 Å². The van der Waals surface area contributed by atoms with E-state index < -0.39 is 40.6 Å². The predicted molar refractivity (Wildman–Crippen MR) is 124 cm³/mol. The average molecular weight is 483 g/mol. The first kappa shape index (κ1) is 23.0. The van der Waals surface area contributed by atoms with Crippen molar-refractivity contribution in [2.45, 2.75) is 30.8 Å². The van der Waals surface area contributed by atoms with Crippen LogP contribution in [0.25, 0.3) is 10.9 Å². The minimum Gasteiger partial charge on any atom is -0.477 e. The van der Waals surface area contributed by atoms with Crippen LogP contribution in [0, 0.1) is 11.6 Å². The van der Waals surface area contributed by atoms with Gasteiger partial charge in [0.2, 0.25) is 5.43 Å². The van der Waals surface area contributed by atoms with Crippen LogP contribution in [0.1, 0.15) is 51.1 Å². The highest BCUT2D eigenvalue weighted by Gasteiger charge is 2.36. The van der Waals surface area contributed by atoms with Crippen molar-refractivity contribution in [3.63, 3.8) is 0 Å². The van der Waals surface area contributed by atoms with Gasteiger partial charge < -0.3 is 25.0 Å². The fourth-order valence-corrected chi connectivity index (χ4v) is 4.86. The van der Waals surface area contributed by atoms with Gasteiger partial charge in [-0.3, -0.25) is 4.79 Å². The van der Waals surface area contributed by atoms with Gasteiger partial charge in [-0.25, -0.2) is 18.4 Å². The molecular formula is C25H23F2N3O5. The number of hydrogen-bond donors (Lipinski definition) is 2. The van der Waals surface area contributed by atoms with Crippen LogP contribution in [0.4, 0.5) is 14.5 Å². The van der Waals surface area contributed by atoms with Crippen LogP contribution >= 0.6 is 0 Å². The van der Waals surface area contributed by atoms with Crippen molar-refractivity contribution < 1.29 is 28.2 Å². The number of rotatable bonds is 5. The van der Waals surface area contributed by atoms with Crippen molar-refractivity contribution in [3.05, 3.63) is 75.1 Å². The molecule has 5 rings (SSSR count). The molecule has 1 saturated heterocycles. The fourth-order valence-electron chi connectivity index (χ4n) is 4.86. The van der Waals surface area contributed by atoms with E-state index in [0.717, 1.165) is 17.8 Å². The Morgan fingerprint density at radius 3 is 2.43 bits per heavy atom. The van der Waals surface area contributed by atoms with Crippen LogP contribution in [0.5, 0.6) is 0 Å². The van der Waals surface area contributed by atoms with Crippen LogP contribution in [0.15, 0.2) is 41.3 Å². The molecule has 0 bridgehead atoms. The highest BCUT2D eigenvalue weighted by atomic mass is 19.1. The summed E-state index contributed by atoms with van der Waals surface area (Å²) in [6.45, 7) is 0.391. The van der Waals surface area contributed by atoms with Crippen molar-refractivity contribution in [2.24, 2.45) is 5.73 Å². The molecule has 2 heterocycles. The molecule has 10 heteroatoms. The molecule has 1 aliphatic heterocycles. The number of nitrogens with zero attached hydrogens (tertiary/aromatic N) is 2. The number of aromatic carboxylic acids is 1. The van der Waals surface area contributed by atoms with Gasteiger partial charge in [-0.2, -0.15) is 0 Å². The molecule has 1 aromatic heterocycles. The standard InChI is InChI=1S/C25H23F2N3O5/c1-35-25(34)13-4-2-12(3-5-13)16-9-29(11-19(16)28)22-18(26)8-15-21(20(22)27)30(14-6-7-14)10-17(23(15)31)24(32)33/h2-5,8,10,14,16,19H,6-7,9,11,28H2,1H3,(H,32,33)/t16-,19+/m0/s1. The SMILES string of the molecule is COC(=O)c1ccc([C@@H]2CN(c3c(F)cc4c(=O)c(C(=O)O)cn(C5CC5)c4c3F)C[C@H]2N)cc1. The monoisotopic (exact) mass is 483 g/mol. The molecule has 3 aromatic rings. The largest absolute Gasteiger partial charge is 0.477 e. The lowest BCUT2D eigenvalue weighted by atomic mass is 9.94. The van der Waals surface area contributed by atoms with Crippen molar-refractivity contribution in [1.82, 2.24) is 4.57 Å². The Hall–Kier alpha value is -3.79. The third-order valence-corrected chi connectivity index (χ3v) is 6.80. The Morgan fingerprint density at radius 2 is 1.83 bits per heavy atom. The summed E-state index contributed by atoms with van der Waals surface area (Å²) in [6, 6.07) is 7.05. The van der Waals surface area contributed by atoms with Crippen LogP contribution in [-0.2, 0) is 4.74 Å². The third kappa shape index (κ3) is 3.83. The molecular weight excluding hydrogens is 460 g/mol. The lowest BCUT2D eigenvalue weighted by Gasteiger charge is -2.22. The number of anilines is 1. The minimum atomic E-state index is -1.44. The molecule has 182 valence electrons. The number of aromatic nitrogens is 1. The Bertz CT molecular complexity index is 1420. The summed E-state index contributed by atoms with van der Waals surface area (Å²) in [7, 11) is 1.29. The van der Waals surface area contributed by atoms with Gasteiger partial charge in [-0.15, -0.1) is 0 Å². The number of esters is 1. The second kappa shape index (κ2) is 8.46. The highest BCUT2D eigenvalue weighted by molar-refractivity contribution is 5.94. The number of carboxylic acids is 1. The van der Waals surface area contributed by atoms with E-state index in [0.29, 0.717) is 18.4 Å². The topological polar surface area (TPSA) is 115 Å². The predicted octanol–water partition coefficient (Wildman–Crippen LogP) is 3.03. The van der Waals surface area contributed by atoms with Gasteiger partial charge in [-0.1, -0.05) is 12.1 Å². The van der Waals surface area contributed by atoms with E-state index in [1.807, 2.05) is 0 Å². The lowest BCUT2D eigenvalue weighted by molar-refractivity contribution is 0.0599. The Morgan fingerprint density at radius 1 is 1.14 bits per heavy atom. The van der Waals surface area contributed by atoms with Gasteiger partial charge in [0.15, 0.2) is 5.82 Å². The third-order valence-electron chi connectivity index (χ3n) is 6.80. The normalized spacial score (nSPS) is 19.8. The van der Waals surface area contributed by atoms with E-state index in [1.165, 1.54) is 16.6 Å². The Kier molecular flexibility index (Phi) is 5.55. The van der Waals surface area contributed by atoms with Crippen molar-refractivity contribution in [1.29, 1.82) is 0 Å². The number of ether oxygens (including phenoxy) is 1. The van der Waals surface area contributed by atoms with E-state index in [1.54, 1.807) is 24.3 Å². The maximum absolute atomic E-state index is 15.9. The van der Waals surface area contributed by atoms with Gasteiger partial charge >= 0.3 is 11.9 Å². The van der Waals surface area contributed by atoms with E-state index in [4.69, 9.17) is 10.5 Å². The molecule has 35 heavy (non-hydrogen) atoms. The first-order valence-electron chi connectivity index (χ1n) is 11.2. The van der Waals surface area contributed by atoms with Crippen molar-refractivity contribution >= 4 is 28.5 Å². The summed E-state index contributed by atoms with van der Waals surface area (Å²) in [6.07, 6.45) is 2.57. The van der Waals surface area contributed by atoms with Crippen LogP contribution in [0.2, 0.25) is 0 Å². The number of fused-ring (bicyclic) bond motifs is 1. The molecule has 2 aromatic carbocycles. The number of carbonyl (C=O) groups excluding carboxylic acids is 1. The number of hydrogen-bond acceptors (Lipinski definition) is 6. The molecule has 1 aliphatic carbocycles.